The minimum atomic E-state index is -0.379. The lowest BCUT2D eigenvalue weighted by Crippen LogP contribution is -2.27. The topological polar surface area (TPSA) is 75.7 Å². The molecule has 10 heteroatoms. The molecule has 3 aromatic carbocycles. The molecule has 3 amide bonds. The molecule has 0 atom stereocenters. The van der Waals surface area contributed by atoms with Crippen LogP contribution in [0, 0.1) is 0 Å². The molecule has 1 fully saturated rings. The van der Waals surface area contributed by atoms with Gasteiger partial charge in [-0.1, -0.05) is 47.5 Å². The molecule has 0 aromatic heterocycles. The summed E-state index contributed by atoms with van der Waals surface area (Å²) in [5, 5.41) is 3.44. The van der Waals surface area contributed by atoms with Gasteiger partial charge in [-0.3, -0.25) is 19.3 Å². The van der Waals surface area contributed by atoms with Crippen LogP contribution in [-0.4, -0.2) is 28.6 Å². The van der Waals surface area contributed by atoms with Gasteiger partial charge in [0.15, 0.2) is 6.61 Å². The van der Waals surface area contributed by atoms with E-state index in [1.807, 2.05) is 0 Å². The van der Waals surface area contributed by atoms with Gasteiger partial charge in [0.05, 0.1) is 15.9 Å². The highest BCUT2D eigenvalue weighted by atomic mass is 79.9. The molecule has 4 rings (SSSR count). The predicted molar refractivity (Wildman–Crippen MR) is 143 cm³/mol. The largest absolute Gasteiger partial charge is 0.483 e. The maximum absolute atomic E-state index is 12.8. The normalized spacial score (nSPS) is 14.5. The highest BCUT2D eigenvalue weighted by Gasteiger charge is 2.35. The van der Waals surface area contributed by atoms with Crippen LogP contribution in [0.3, 0.4) is 0 Å². The van der Waals surface area contributed by atoms with E-state index < -0.39 is 0 Å². The van der Waals surface area contributed by atoms with E-state index in [9.17, 15) is 14.4 Å². The number of amides is 3. The number of nitrogens with one attached hydrogen (secondary N) is 1. The number of nitrogens with zero attached hydrogens (tertiary/aromatic N) is 1. The Morgan fingerprint density at radius 2 is 1.80 bits per heavy atom. The summed E-state index contributed by atoms with van der Waals surface area (Å²) in [5.74, 6) is -0.244. The standard InChI is InChI=1S/C25H17BrCl2N2O4S/c26-19-11-15(5-10-21(19)34-14-23(31)29-18-8-6-17(27)7-9-18)12-22-24(32)30(25(33)35-22)13-16-3-1-2-4-20(16)28/h1-12H,13-14H2,(H,29,31)/b22-12-. The Labute approximate surface area is 224 Å². The molecule has 178 valence electrons. The number of thioether (sulfide) groups is 1. The number of carbonyl (C=O) groups excluding carboxylic acids is 3. The Balaban J connectivity index is 1.39. The minimum absolute atomic E-state index is 0.107. The molecule has 0 saturated carbocycles. The number of halogens is 3. The summed E-state index contributed by atoms with van der Waals surface area (Å²) < 4.78 is 6.20. The van der Waals surface area contributed by atoms with Crippen LogP contribution in [0.1, 0.15) is 11.1 Å². The van der Waals surface area contributed by atoms with Crippen LogP contribution in [0.25, 0.3) is 6.08 Å². The summed E-state index contributed by atoms with van der Waals surface area (Å²) in [4.78, 5) is 38.9. The van der Waals surface area contributed by atoms with E-state index in [4.69, 9.17) is 27.9 Å². The zero-order valence-corrected chi connectivity index (χ0v) is 21.9. The lowest BCUT2D eigenvalue weighted by atomic mass is 10.2. The smallest absolute Gasteiger partial charge is 0.293 e. The number of anilines is 1. The van der Waals surface area contributed by atoms with E-state index in [-0.39, 0.29) is 30.2 Å². The molecule has 6 nitrogen and oxygen atoms in total. The average Bonchev–Trinajstić information content (AvgIpc) is 3.08. The van der Waals surface area contributed by atoms with Crippen molar-refractivity contribution >= 4 is 79.7 Å². The van der Waals surface area contributed by atoms with E-state index in [0.717, 1.165) is 11.8 Å². The molecule has 0 bridgehead atoms. The van der Waals surface area contributed by atoms with Crippen molar-refractivity contribution in [1.82, 2.24) is 4.90 Å². The number of imide groups is 1. The van der Waals surface area contributed by atoms with Gasteiger partial charge in [0, 0.05) is 15.7 Å². The maximum Gasteiger partial charge on any atom is 0.293 e. The van der Waals surface area contributed by atoms with E-state index in [1.165, 1.54) is 4.90 Å². The van der Waals surface area contributed by atoms with E-state index in [0.29, 0.717) is 42.0 Å². The van der Waals surface area contributed by atoms with Crippen LogP contribution in [0.15, 0.2) is 76.1 Å². The fourth-order valence-electron chi connectivity index (χ4n) is 3.18. The van der Waals surface area contributed by atoms with Gasteiger partial charge in [-0.05, 0) is 87.4 Å². The monoisotopic (exact) mass is 590 g/mol. The van der Waals surface area contributed by atoms with Crippen LogP contribution in [0.5, 0.6) is 5.75 Å². The van der Waals surface area contributed by atoms with Crippen molar-refractivity contribution in [3.05, 3.63) is 97.3 Å². The summed E-state index contributed by atoms with van der Waals surface area (Å²) in [6.45, 7) is -0.0856. The van der Waals surface area contributed by atoms with Gasteiger partial charge in [-0.25, -0.2) is 0 Å². The SMILES string of the molecule is O=C(COc1ccc(/C=C2\SC(=O)N(Cc3ccccc3Cl)C2=O)cc1Br)Nc1ccc(Cl)cc1. The van der Waals surface area contributed by atoms with Crippen molar-refractivity contribution in [1.29, 1.82) is 0 Å². The second-order valence-electron chi connectivity index (χ2n) is 7.39. The molecule has 0 radical (unpaired) electrons. The summed E-state index contributed by atoms with van der Waals surface area (Å²) in [5.41, 5.74) is 2.00. The number of hydrogen-bond donors (Lipinski definition) is 1. The first kappa shape index (κ1) is 25.3. The average molecular weight is 592 g/mol. The van der Waals surface area contributed by atoms with Crippen LogP contribution in [0.2, 0.25) is 10.0 Å². The molecular weight excluding hydrogens is 575 g/mol. The molecular formula is C25H17BrCl2N2O4S. The van der Waals surface area contributed by atoms with Crippen LogP contribution >= 0.6 is 50.9 Å². The van der Waals surface area contributed by atoms with Crippen LogP contribution in [-0.2, 0) is 16.1 Å². The van der Waals surface area contributed by atoms with Gasteiger partial charge < -0.3 is 10.1 Å². The van der Waals surface area contributed by atoms with Crippen molar-refractivity contribution in [3.63, 3.8) is 0 Å². The lowest BCUT2D eigenvalue weighted by molar-refractivity contribution is -0.123. The van der Waals surface area contributed by atoms with Crippen molar-refractivity contribution < 1.29 is 19.1 Å². The van der Waals surface area contributed by atoms with Gasteiger partial charge in [0.1, 0.15) is 5.75 Å². The van der Waals surface area contributed by atoms with Crippen LogP contribution < -0.4 is 10.1 Å². The number of hydrogen-bond acceptors (Lipinski definition) is 5. The highest BCUT2D eigenvalue weighted by molar-refractivity contribution is 9.10. The molecule has 3 aromatic rings. The van der Waals surface area contributed by atoms with Crippen molar-refractivity contribution in [2.24, 2.45) is 0 Å². The highest BCUT2D eigenvalue weighted by Crippen LogP contribution is 2.35. The summed E-state index contributed by atoms with van der Waals surface area (Å²) in [7, 11) is 0. The van der Waals surface area contributed by atoms with E-state index in [1.54, 1.807) is 72.8 Å². The number of rotatable bonds is 7. The Bertz CT molecular complexity index is 1330. The van der Waals surface area contributed by atoms with Crippen molar-refractivity contribution in [2.45, 2.75) is 6.54 Å². The number of ether oxygens (including phenoxy) is 1. The first-order chi connectivity index (χ1) is 16.8. The molecule has 1 aliphatic heterocycles. The number of benzene rings is 3. The third-order valence-corrected chi connectivity index (χ3v) is 7.05. The third-order valence-electron chi connectivity index (χ3n) is 4.90. The number of carbonyl (C=O) groups is 3. The van der Waals surface area contributed by atoms with Gasteiger partial charge in [0.2, 0.25) is 0 Å². The third kappa shape index (κ3) is 6.46. The van der Waals surface area contributed by atoms with Crippen molar-refractivity contribution in [3.8, 4) is 5.75 Å². The van der Waals surface area contributed by atoms with E-state index in [2.05, 4.69) is 21.2 Å². The second-order valence-corrected chi connectivity index (χ2v) is 10.1. The van der Waals surface area contributed by atoms with Crippen LogP contribution in [0.4, 0.5) is 10.5 Å². The second kappa shape index (κ2) is 11.3. The Kier molecular flexibility index (Phi) is 8.18. The van der Waals surface area contributed by atoms with Gasteiger partial charge >= 0.3 is 0 Å². The minimum Gasteiger partial charge on any atom is -0.483 e. The predicted octanol–water partition coefficient (Wildman–Crippen LogP) is 7.01. The zero-order valence-electron chi connectivity index (χ0n) is 18.0. The van der Waals surface area contributed by atoms with Crippen molar-refractivity contribution in [2.75, 3.05) is 11.9 Å². The summed E-state index contributed by atoms with van der Waals surface area (Å²) in [6.07, 6.45) is 1.64. The zero-order chi connectivity index (χ0) is 24.9. The van der Waals surface area contributed by atoms with Gasteiger partial charge in [-0.15, -0.1) is 0 Å². The molecule has 1 saturated heterocycles. The Hall–Kier alpha value is -2.78. The van der Waals surface area contributed by atoms with Gasteiger partial charge in [-0.2, -0.15) is 0 Å². The fourth-order valence-corrected chi connectivity index (χ4v) is 4.85. The molecule has 0 unspecified atom stereocenters. The van der Waals surface area contributed by atoms with E-state index >= 15 is 0 Å². The molecule has 0 spiro atoms. The lowest BCUT2D eigenvalue weighted by Gasteiger charge is -2.13. The Morgan fingerprint density at radius 3 is 2.51 bits per heavy atom. The molecule has 35 heavy (non-hydrogen) atoms. The molecule has 1 aliphatic rings. The quantitative estimate of drug-likeness (QED) is 0.299. The van der Waals surface area contributed by atoms with Gasteiger partial charge in [0.25, 0.3) is 17.1 Å². The summed E-state index contributed by atoms with van der Waals surface area (Å²) in [6, 6.07) is 19.0. The molecule has 0 aliphatic carbocycles. The molecule has 1 heterocycles. The molecule has 1 N–H and O–H groups in total. The maximum atomic E-state index is 12.8. The summed E-state index contributed by atoms with van der Waals surface area (Å²) >= 11 is 16.3. The fraction of sp³-hybridized carbons (Fsp3) is 0.0800. The first-order valence-corrected chi connectivity index (χ1v) is 12.6. The Morgan fingerprint density at radius 1 is 1.06 bits per heavy atom. The first-order valence-electron chi connectivity index (χ1n) is 10.3.